The molecule has 0 aromatic carbocycles. The van der Waals surface area contributed by atoms with Crippen LogP contribution in [0.15, 0.2) is 0 Å². The molecule has 0 spiro atoms. The molecule has 2 heterocycles. The van der Waals surface area contributed by atoms with Crippen molar-refractivity contribution in [3.63, 3.8) is 0 Å². The molecule has 0 aliphatic carbocycles. The molecule has 19 heavy (non-hydrogen) atoms. The summed E-state index contributed by atoms with van der Waals surface area (Å²) in [6, 6.07) is 0. The Morgan fingerprint density at radius 3 is 2.68 bits per heavy atom. The molecule has 0 atom stereocenters. The smallest absolute Gasteiger partial charge is 0.158 e. The average molecular weight is 283 g/mol. The normalized spacial score (nSPS) is 11.9. The zero-order valence-electron chi connectivity index (χ0n) is 12.3. The van der Waals surface area contributed by atoms with E-state index in [2.05, 4.69) is 23.5 Å². The number of aryl methyl sites for hydroxylation is 4. The third kappa shape index (κ3) is 2.94. The Bertz CT molecular complexity index is 553. The van der Waals surface area contributed by atoms with Crippen molar-refractivity contribution in [2.75, 3.05) is 5.88 Å². The van der Waals surface area contributed by atoms with Gasteiger partial charge in [0.25, 0.3) is 0 Å². The van der Waals surface area contributed by atoms with Gasteiger partial charge in [0.05, 0.1) is 5.69 Å². The van der Waals surface area contributed by atoms with E-state index in [1.165, 1.54) is 12.8 Å². The highest BCUT2D eigenvalue weighted by atomic mass is 35.5. The zero-order valence-corrected chi connectivity index (χ0v) is 13.0. The Labute approximate surface area is 119 Å². The fraction of sp³-hybridized carbons (Fsp3) is 0.714. The number of nitrogens with zero attached hydrogens (tertiary/aromatic N) is 4. The summed E-state index contributed by atoms with van der Waals surface area (Å²) in [6.45, 7) is 7.53. The third-order valence-electron chi connectivity index (χ3n) is 3.45. The van der Waals surface area contributed by atoms with Gasteiger partial charge in [-0.2, -0.15) is 5.10 Å². The average Bonchev–Trinajstić information content (AvgIpc) is 2.80. The first-order valence-corrected chi connectivity index (χ1v) is 7.52. The van der Waals surface area contributed by atoms with E-state index in [1.54, 1.807) is 0 Å². The van der Waals surface area contributed by atoms with Crippen LogP contribution in [0.4, 0.5) is 0 Å². The maximum absolute atomic E-state index is 5.89. The van der Waals surface area contributed by atoms with Gasteiger partial charge in [-0.15, -0.1) is 11.6 Å². The summed E-state index contributed by atoms with van der Waals surface area (Å²) in [6.07, 6.45) is 3.22. The van der Waals surface area contributed by atoms with Crippen molar-refractivity contribution >= 4 is 22.8 Å². The monoisotopic (exact) mass is 282 g/mol. The van der Waals surface area contributed by atoms with Crippen LogP contribution in [0, 0.1) is 12.8 Å². The number of alkyl halides is 1. The van der Waals surface area contributed by atoms with Crippen molar-refractivity contribution in [3.05, 3.63) is 11.5 Å². The predicted molar refractivity (Wildman–Crippen MR) is 79.7 cm³/mol. The molecule has 0 amide bonds. The van der Waals surface area contributed by atoms with Crippen LogP contribution in [0.3, 0.4) is 0 Å². The number of aromatic nitrogens is 4. The molecule has 106 valence electrons. The highest BCUT2D eigenvalue weighted by molar-refractivity contribution is 6.17. The zero-order chi connectivity index (χ0) is 14.0. The van der Waals surface area contributed by atoms with Gasteiger partial charge in [0.2, 0.25) is 0 Å². The molecule has 2 rings (SSSR count). The lowest BCUT2D eigenvalue weighted by Crippen LogP contribution is -2.09. The second kappa shape index (κ2) is 5.95. The van der Waals surface area contributed by atoms with Crippen molar-refractivity contribution in [2.45, 2.75) is 46.6 Å². The van der Waals surface area contributed by atoms with Gasteiger partial charge in [-0.25, -0.2) is 4.98 Å². The molecule has 0 radical (unpaired) electrons. The van der Waals surface area contributed by atoms with Crippen LogP contribution in [0.2, 0.25) is 0 Å². The Morgan fingerprint density at radius 1 is 1.32 bits per heavy atom. The summed E-state index contributed by atoms with van der Waals surface area (Å²) in [7, 11) is 1.99. The van der Waals surface area contributed by atoms with E-state index in [1.807, 2.05) is 18.7 Å². The van der Waals surface area contributed by atoms with Crippen LogP contribution in [-0.4, -0.2) is 25.2 Å². The third-order valence-corrected chi connectivity index (χ3v) is 3.64. The fourth-order valence-corrected chi connectivity index (χ4v) is 2.72. The predicted octanol–water partition coefficient (Wildman–Crippen LogP) is 3.30. The Morgan fingerprint density at radius 2 is 2.05 bits per heavy atom. The van der Waals surface area contributed by atoms with Crippen LogP contribution in [0.5, 0.6) is 0 Å². The number of halogens is 1. The van der Waals surface area contributed by atoms with Crippen molar-refractivity contribution in [3.8, 4) is 0 Å². The number of fused-ring (bicyclic) bond motifs is 1. The maximum Gasteiger partial charge on any atom is 0.158 e. The number of hydrogen-bond acceptors (Lipinski definition) is 2. The summed E-state index contributed by atoms with van der Waals surface area (Å²) in [4.78, 5) is 4.72. The maximum atomic E-state index is 5.89. The lowest BCUT2D eigenvalue weighted by molar-refractivity contribution is 0.505. The van der Waals surface area contributed by atoms with E-state index in [4.69, 9.17) is 16.6 Å². The largest absolute Gasteiger partial charge is 0.313 e. The highest BCUT2D eigenvalue weighted by Crippen LogP contribution is 2.20. The van der Waals surface area contributed by atoms with Crippen LogP contribution < -0.4 is 0 Å². The molecule has 0 aliphatic rings. The van der Waals surface area contributed by atoms with Crippen LogP contribution in [-0.2, 0) is 20.0 Å². The lowest BCUT2D eigenvalue weighted by atomic mass is 10.1. The van der Waals surface area contributed by atoms with E-state index in [9.17, 15) is 0 Å². The molecule has 5 heteroatoms. The topological polar surface area (TPSA) is 35.6 Å². The minimum absolute atomic E-state index is 0.611. The number of imidazole rings is 1. The molecule has 0 N–H and O–H groups in total. The van der Waals surface area contributed by atoms with Crippen LogP contribution >= 0.6 is 11.6 Å². The van der Waals surface area contributed by atoms with E-state index < -0.39 is 0 Å². The summed E-state index contributed by atoms with van der Waals surface area (Å²) in [5, 5.41) is 4.46. The quantitative estimate of drug-likeness (QED) is 0.762. The Kier molecular flexibility index (Phi) is 4.50. The summed E-state index contributed by atoms with van der Waals surface area (Å²) >= 11 is 5.89. The first-order valence-electron chi connectivity index (χ1n) is 6.99. The van der Waals surface area contributed by atoms with Gasteiger partial charge in [-0.1, -0.05) is 13.8 Å². The molecular formula is C14H23ClN4. The van der Waals surface area contributed by atoms with Gasteiger partial charge < -0.3 is 4.57 Å². The minimum Gasteiger partial charge on any atom is -0.313 e. The van der Waals surface area contributed by atoms with Crippen molar-refractivity contribution in [2.24, 2.45) is 13.0 Å². The molecule has 0 fully saturated rings. The fourth-order valence-electron chi connectivity index (χ4n) is 2.55. The van der Waals surface area contributed by atoms with Crippen LogP contribution in [0.1, 0.15) is 38.2 Å². The standard InChI is InChI=1S/C14H23ClN4/c1-10(2)6-5-9-19-12(7-8-15)16-13-11(3)17-18(4)14(13)19/h10H,5-9H2,1-4H3. The van der Waals surface area contributed by atoms with E-state index in [0.717, 1.165) is 41.6 Å². The molecule has 0 bridgehead atoms. The molecule has 0 aliphatic heterocycles. The first-order chi connectivity index (χ1) is 9.04. The van der Waals surface area contributed by atoms with Gasteiger partial charge in [-0.05, 0) is 25.7 Å². The molecule has 2 aromatic heterocycles. The number of hydrogen-bond donors (Lipinski definition) is 0. The second-order valence-corrected chi connectivity index (χ2v) is 5.91. The van der Waals surface area contributed by atoms with Gasteiger partial charge in [0, 0.05) is 25.9 Å². The highest BCUT2D eigenvalue weighted by Gasteiger charge is 2.16. The van der Waals surface area contributed by atoms with Gasteiger partial charge >= 0.3 is 0 Å². The Balaban J connectivity index is 2.34. The van der Waals surface area contributed by atoms with Crippen molar-refractivity contribution in [1.29, 1.82) is 0 Å². The van der Waals surface area contributed by atoms with Crippen LogP contribution in [0.25, 0.3) is 11.2 Å². The van der Waals surface area contributed by atoms with E-state index >= 15 is 0 Å². The van der Waals surface area contributed by atoms with E-state index in [-0.39, 0.29) is 0 Å². The lowest BCUT2D eigenvalue weighted by Gasteiger charge is -2.10. The molecule has 2 aromatic rings. The van der Waals surface area contributed by atoms with Gasteiger partial charge in [0.1, 0.15) is 11.3 Å². The summed E-state index contributed by atoms with van der Waals surface area (Å²) < 4.78 is 4.23. The van der Waals surface area contributed by atoms with Crippen molar-refractivity contribution < 1.29 is 0 Å². The molecule has 0 saturated carbocycles. The molecular weight excluding hydrogens is 260 g/mol. The minimum atomic E-state index is 0.611. The van der Waals surface area contributed by atoms with Gasteiger partial charge in [-0.3, -0.25) is 4.68 Å². The molecule has 0 unspecified atom stereocenters. The van der Waals surface area contributed by atoms with Gasteiger partial charge in [0.15, 0.2) is 5.65 Å². The second-order valence-electron chi connectivity index (χ2n) is 5.54. The SMILES string of the molecule is Cc1nn(C)c2c1nc(CCCl)n2CCCC(C)C. The molecule has 0 saturated heterocycles. The Hall–Kier alpha value is -1.03. The van der Waals surface area contributed by atoms with E-state index in [0.29, 0.717) is 5.88 Å². The summed E-state index contributed by atoms with van der Waals surface area (Å²) in [5.74, 6) is 2.44. The molecule has 4 nitrogen and oxygen atoms in total. The first kappa shape index (κ1) is 14.4. The summed E-state index contributed by atoms with van der Waals surface area (Å²) in [5.41, 5.74) is 3.14. The van der Waals surface area contributed by atoms with Crippen molar-refractivity contribution in [1.82, 2.24) is 19.3 Å². The number of rotatable bonds is 6.